The first-order valence-corrected chi connectivity index (χ1v) is 34.3. The topological polar surface area (TPSA) is 470 Å². The van der Waals surface area contributed by atoms with Crippen LogP contribution in [0.25, 0.3) is 0 Å². The Labute approximate surface area is 598 Å². The van der Waals surface area contributed by atoms with Crippen LogP contribution in [-0.2, 0) is 143 Å². The minimum absolute atomic E-state index is 0.00663. The normalized spacial score (nSPS) is 24.2. The number of nitrogens with zero attached hydrogens (tertiary/aromatic N) is 1. The van der Waals surface area contributed by atoms with E-state index >= 15 is 0 Å². The summed E-state index contributed by atoms with van der Waals surface area (Å²) in [4.78, 5) is 187. The minimum atomic E-state index is -1.33. The molecule has 0 spiro atoms. The summed E-state index contributed by atoms with van der Waals surface area (Å²) in [7, 11) is 0. The second kappa shape index (κ2) is 47.9. The van der Waals surface area contributed by atoms with Crippen LogP contribution in [0.1, 0.15) is 160 Å². The standard InChI is InChI=1S/C66H105N7O30/c1-37(74)70-55-61(98-46(10)83)58(95-43(7)80)49(34-92-40(4)77)101-64(55)89-31-16-13-22-52(86)68-27-19-25-67-26-20-29-73(54(88)24-15-18-33-91-66-57(72-39(3)76)63(100-48(12)85)60(97-45(9)82)51(103-66)36-94-42(6)79)30-21-28-69-53(87)23-14-17-32-90-65-56(71-38(2)75)62(99-47(11)84)59(96-44(8)81)50(102-65)35-93-41(5)78/h49-51,55-67H,13-36H2,1-12H3,(H,68,86)(H,69,87)(H,70,74)(H,71,75)(H,72,76)/t49?,50?,51?,55?,56?,57-,58-,59-,60-,61?,62?,63?,64+,65+,66+/m0/s1. The lowest BCUT2D eigenvalue weighted by Gasteiger charge is -2.44. The summed E-state index contributed by atoms with van der Waals surface area (Å²) in [6, 6.07) is -3.49. The van der Waals surface area contributed by atoms with Crippen molar-refractivity contribution in [3.8, 4) is 0 Å². The first kappa shape index (κ1) is 89.0. The first-order chi connectivity index (χ1) is 48.8. The number of amides is 6. The van der Waals surface area contributed by atoms with Gasteiger partial charge >= 0.3 is 53.7 Å². The van der Waals surface area contributed by atoms with Gasteiger partial charge in [-0.2, -0.15) is 0 Å². The fraction of sp³-hybridized carbons (Fsp3) is 0.773. The Hall–Kier alpha value is -8.23. The van der Waals surface area contributed by atoms with Gasteiger partial charge in [0.2, 0.25) is 35.4 Å². The quantitative estimate of drug-likeness (QED) is 0.0250. The Morgan fingerprint density at radius 1 is 0.320 bits per heavy atom. The molecule has 103 heavy (non-hydrogen) atoms. The third kappa shape index (κ3) is 35.7. The van der Waals surface area contributed by atoms with Crippen molar-refractivity contribution in [1.82, 2.24) is 36.8 Å². The third-order valence-electron chi connectivity index (χ3n) is 15.4. The van der Waals surface area contributed by atoms with Gasteiger partial charge in [0.1, 0.15) is 56.3 Å². The lowest BCUT2D eigenvalue weighted by molar-refractivity contribution is -0.277. The van der Waals surface area contributed by atoms with Gasteiger partial charge in [-0.15, -0.1) is 0 Å². The zero-order valence-corrected chi connectivity index (χ0v) is 60.8. The highest BCUT2D eigenvalue weighted by Gasteiger charge is 2.54. The second-order valence-electron chi connectivity index (χ2n) is 24.5. The monoisotopic (exact) mass is 1480 g/mol. The third-order valence-corrected chi connectivity index (χ3v) is 15.4. The molecular formula is C66H105N7O30. The molecule has 0 saturated carbocycles. The van der Waals surface area contributed by atoms with Crippen molar-refractivity contribution in [3.63, 3.8) is 0 Å². The van der Waals surface area contributed by atoms with Crippen LogP contribution < -0.4 is 31.9 Å². The van der Waals surface area contributed by atoms with E-state index in [0.717, 1.165) is 55.4 Å². The molecule has 0 aromatic carbocycles. The maximum Gasteiger partial charge on any atom is 0.303 e. The van der Waals surface area contributed by atoms with E-state index < -0.39 is 183 Å². The molecule has 0 aromatic heterocycles. The van der Waals surface area contributed by atoms with Gasteiger partial charge in [-0.25, -0.2) is 0 Å². The number of esters is 9. The predicted molar refractivity (Wildman–Crippen MR) is 351 cm³/mol. The average Bonchev–Trinajstić information content (AvgIpc) is 0.802. The molecule has 0 bridgehead atoms. The van der Waals surface area contributed by atoms with E-state index in [1.54, 1.807) is 4.90 Å². The Bertz CT molecular complexity index is 2810. The van der Waals surface area contributed by atoms with Gasteiger partial charge in [-0.05, 0) is 70.9 Å². The summed E-state index contributed by atoms with van der Waals surface area (Å²) in [6.07, 6.45) is -11.3. The van der Waals surface area contributed by atoms with Crippen LogP contribution in [0.15, 0.2) is 0 Å². The number of carbonyl (C=O) groups is 15. The number of rotatable bonds is 45. The molecule has 37 heteroatoms. The molecule has 3 saturated heterocycles. The molecule has 0 radical (unpaired) electrons. The lowest BCUT2D eigenvalue weighted by atomic mass is 9.96. The summed E-state index contributed by atoms with van der Waals surface area (Å²) < 4.78 is 84.5. The van der Waals surface area contributed by atoms with Crippen molar-refractivity contribution in [2.45, 2.75) is 252 Å². The van der Waals surface area contributed by atoms with Crippen LogP contribution in [0.5, 0.6) is 0 Å². The molecule has 584 valence electrons. The van der Waals surface area contributed by atoms with Crippen molar-refractivity contribution in [2.75, 3.05) is 78.9 Å². The van der Waals surface area contributed by atoms with E-state index in [0.29, 0.717) is 84.0 Å². The van der Waals surface area contributed by atoms with Gasteiger partial charge in [-0.3, -0.25) is 71.9 Å². The summed E-state index contributed by atoms with van der Waals surface area (Å²) in [5.74, 6) is -8.91. The van der Waals surface area contributed by atoms with Crippen LogP contribution in [0.2, 0.25) is 0 Å². The molecule has 3 heterocycles. The molecule has 3 aliphatic rings. The molecule has 3 aliphatic heterocycles. The summed E-state index contributed by atoms with van der Waals surface area (Å²) in [5, 5.41) is 17.0. The number of unbranched alkanes of at least 4 members (excludes halogenated alkanes) is 3. The van der Waals surface area contributed by atoms with Crippen molar-refractivity contribution in [1.29, 1.82) is 0 Å². The molecule has 3 rings (SSSR count). The molecule has 0 aromatic rings. The fourth-order valence-electron chi connectivity index (χ4n) is 11.2. The van der Waals surface area contributed by atoms with Gasteiger partial charge in [-0.1, -0.05) is 0 Å². The van der Waals surface area contributed by atoms with Crippen LogP contribution in [0, 0.1) is 0 Å². The van der Waals surface area contributed by atoms with Crippen molar-refractivity contribution in [2.24, 2.45) is 0 Å². The van der Waals surface area contributed by atoms with Gasteiger partial charge in [0.25, 0.3) is 0 Å². The smallest absolute Gasteiger partial charge is 0.303 e. The van der Waals surface area contributed by atoms with Crippen molar-refractivity contribution < 1.29 is 143 Å². The van der Waals surface area contributed by atoms with Gasteiger partial charge < -0.3 is 108 Å². The number of hydrogen-bond acceptors (Lipinski definition) is 31. The summed E-state index contributed by atoms with van der Waals surface area (Å²) in [6.45, 7) is 14.8. The van der Waals surface area contributed by atoms with Crippen molar-refractivity contribution >= 4 is 89.2 Å². The van der Waals surface area contributed by atoms with Crippen LogP contribution in [0.4, 0.5) is 0 Å². The zero-order valence-electron chi connectivity index (χ0n) is 60.8. The summed E-state index contributed by atoms with van der Waals surface area (Å²) in [5.41, 5.74) is 0. The Morgan fingerprint density at radius 2 is 0.602 bits per heavy atom. The predicted octanol–water partition coefficient (Wildman–Crippen LogP) is -0.664. The number of hydrogen-bond donors (Lipinski definition) is 6. The second-order valence-corrected chi connectivity index (χ2v) is 24.5. The largest absolute Gasteiger partial charge is 0.463 e. The average molecular weight is 1480 g/mol. The molecule has 0 aliphatic carbocycles. The SMILES string of the molecule is CC(=O)NC1C(OC(C)=O)[C@@H](OC(C)=O)C(COC(C)=O)O[C@H]1OCCCCC(=O)NCCCNCCCN(CCCNC(=O)CCCCO[C@@H]1OC(COC(C)=O)[C@H](OC(C)=O)C(OC(C)=O)C1NC(C)=O)C(=O)CCCCO[C@@H]1OC(COC(C)=O)[C@H](OC(C)=O)C(OC(C)=O)[C@@H]1NC(C)=O. The number of nitrogens with one attached hydrogen (secondary N) is 6. The first-order valence-electron chi connectivity index (χ1n) is 34.3. The number of carbonyl (C=O) groups excluding carboxylic acids is 15. The Morgan fingerprint density at radius 3 is 0.903 bits per heavy atom. The summed E-state index contributed by atoms with van der Waals surface area (Å²) >= 11 is 0. The zero-order chi connectivity index (χ0) is 76.7. The van der Waals surface area contributed by atoms with E-state index in [-0.39, 0.29) is 69.9 Å². The lowest BCUT2D eigenvalue weighted by Crippen LogP contribution is -2.66. The van der Waals surface area contributed by atoms with Gasteiger partial charge in [0.15, 0.2) is 55.5 Å². The van der Waals surface area contributed by atoms with E-state index in [4.69, 9.17) is 71.1 Å². The van der Waals surface area contributed by atoms with E-state index in [1.165, 1.54) is 27.7 Å². The number of ether oxygens (including phenoxy) is 15. The van der Waals surface area contributed by atoms with E-state index in [2.05, 4.69) is 31.9 Å². The van der Waals surface area contributed by atoms with E-state index in [1.807, 2.05) is 0 Å². The molecule has 6 N–H and O–H groups in total. The van der Waals surface area contributed by atoms with Crippen LogP contribution in [0.3, 0.4) is 0 Å². The van der Waals surface area contributed by atoms with Gasteiger partial charge in [0.05, 0.1) is 0 Å². The maximum absolute atomic E-state index is 13.9. The molecule has 3 fully saturated rings. The highest BCUT2D eigenvalue weighted by Crippen LogP contribution is 2.32. The highest BCUT2D eigenvalue weighted by molar-refractivity contribution is 5.78. The Balaban J connectivity index is 1.59. The van der Waals surface area contributed by atoms with Crippen LogP contribution >= 0.6 is 0 Å². The van der Waals surface area contributed by atoms with E-state index in [9.17, 15) is 71.9 Å². The fourth-order valence-corrected chi connectivity index (χ4v) is 11.2. The van der Waals surface area contributed by atoms with Crippen molar-refractivity contribution in [3.05, 3.63) is 0 Å². The highest BCUT2D eigenvalue weighted by atomic mass is 16.7. The minimum Gasteiger partial charge on any atom is -0.463 e. The maximum atomic E-state index is 13.9. The molecular weight excluding hydrogens is 1370 g/mol. The molecule has 15 atom stereocenters. The van der Waals surface area contributed by atoms with Crippen LogP contribution in [-0.4, -0.2) is 265 Å². The molecule has 8 unspecified atom stereocenters. The Kier molecular flexibility index (Phi) is 41.4. The molecule has 37 nitrogen and oxygen atoms in total. The van der Waals surface area contributed by atoms with Gasteiger partial charge in [0, 0.05) is 148 Å². The molecule has 6 amide bonds.